The van der Waals surface area contributed by atoms with Gasteiger partial charge >= 0.3 is 0 Å². The van der Waals surface area contributed by atoms with Crippen LogP contribution in [0.3, 0.4) is 0 Å². The molecule has 6 heteroatoms. The second-order valence-electron chi connectivity index (χ2n) is 6.59. The molecule has 1 atom stereocenters. The molecular weight excluding hydrogens is 347 g/mol. The number of likely N-dealkylation sites (N-methyl/N-ethyl adjacent to an activating group) is 1. The van der Waals surface area contributed by atoms with Crippen LogP contribution in [0, 0.1) is 5.82 Å². The predicted octanol–water partition coefficient (Wildman–Crippen LogP) is 3.12. The van der Waals surface area contributed by atoms with Crippen molar-refractivity contribution in [3.63, 3.8) is 0 Å². The van der Waals surface area contributed by atoms with Gasteiger partial charge in [-0.3, -0.25) is 9.69 Å². The highest BCUT2D eigenvalue weighted by Crippen LogP contribution is 2.32. The molecule has 0 aromatic heterocycles. The Morgan fingerprint density at radius 1 is 1.15 bits per heavy atom. The molecule has 27 heavy (non-hydrogen) atoms. The van der Waals surface area contributed by atoms with Gasteiger partial charge in [0, 0.05) is 13.1 Å². The van der Waals surface area contributed by atoms with Gasteiger partial charge in [-0.1, -0.05) is 25.1 Å². The summed E-state index contributed by atoms with van der Waals surface area (Å²) in [5, 5.41) is 2.97. The van der Waals surface area contributed by atoms with E-state index in [1.807, 2.05) is 32.0 Å². The number of nitrogens with zero attached hydrogens (tertiary/aromatic N) is 1. The number of benzene rings is 2. The third-order valence-electron chi connectivity index (χ3n) is 4.78. The van der Waals surface area contributed by atoms with E-state index in [2.05, 4.69) is 10.2 Å². The maximum absolute atomic E-state index is 12.9. The first-order valence-corrected chi connectivity index (χ1v) is 9.21. The third kappa shape index (κ3) is 4.98. The largest absolute Gasteiger partial charge is 0.454 e. The predicted molar refractivity (Wildman–Crippen MR) is 101 cm³/mol. The number of halogens is 1. The Morgan fingerprint density at radius 3 is 2.59 bits per heavy atom. The molecule has 0 saturated carbocycles. The van der Waals surface area contributed by atoms with Crippen LogP contribution in [0.2, 0.25) is 0 Å². The van der Waals surface area contributed by atoms with Crippen LogP contribution in [0.15, 0.2) is 42.5 Å². The Balaban J connectivity index is 1.51. The number of carbonyl (C=O) groups is 1. The van der Waals surface area contributed by atoms with E-state index in [0.717, 1.165) is 29.2 Å². The van der Waals surface area contributed by atoms with Crippen molar-refractivity contribution in [2.75, 3.05) is 19.9 Å². The standard InChI is InChI=1S/C21H25FN2O3/c1-3-24(13-17-6-9-19-20(12-17)27-14-26-19)15(2)21(25)23-11-10-16-4-7-18(22)8-5-16/h4-9,12,15H,3,10-11,13-14H2,1-2H3,(H,23,25). The van der Waals surface area contributed by atoms with Crippen LogP contribution in [0.1, 0.15) is 25.0 Å². The summed E-state index contributed by atoms with van der Waals surface area (Å²) >= 11 is 0. The van der Waals surface area contributed by atoms with E-state index in [1.54, 1.807) is 12.1 Å². The van der Waals surface area contributed by atoms with Gasteiger partial charge in [-0.2, -0.15) is 0 Å². The summed E-state index contributed by atoms with van der Waals surface area (Å²) in [6.45, 7) is 6.12. The van der Waals surface area contributed by atoms with Crippen molar-refractivity contribution in [3.8, 4) is 11.5 Å². The zero-order chi connectivity index (χ0) is 19.2. The SMILES string of the molecule is CCN(Cc1ccc2c(c1)OCO2)C(C)C(=O)NCCc1ccc(F)cc1. The first-order chi connectivity index (χ1) is 13.1. The second kappa shape index (κ2) is 8.86. The van der Waals surface area contributed by atoms with E-state index < -0.39 is 0 Å². The van der Waals surface area contributed by atoms with E-state index in [4.69, 9.17) is 9.47 Å². The number of hydrogen-bond donors (Lipinski definition) is 1. The molecule has 1 heterocycles. The van der Waals surface area contributed by atoms with Crippen LogP contribution in [-0.2, 0) is 17.8 Å². The minimum absolute atomic E-state index is 0.0142. The second-order valence-corrected chi connectivity index (χ2v) is 6.59. The lowest BCUT2D eigenvalue weighted by Crippen LogP contribution is -2.45. The Hall–Kier alpha value is -2.60. The molecule has 2 aromatic carbocycles. The molecule has 1 amide bonds. The fourth-order valence-corrected chi connectivity index (χ4v) is 3.09. The molecular formula is C21H25FN2O3. The Bertz CT molecular complexity index is 779. The number of amides is 1. The zero-order valence-electron chi connectivity index (χ0n) is 15.7. The molecule has 1 aliphatic heterocycles. The highest BCUT2D eigenvalue weighted by molar-refractivity contribution is 5.81. The lowest BCUT2D eigenvalue weighted by atomic mass is 10.1. The molecule has 144 valence electrons. The number of hydrogen-bond acceptors (Lipinski definition) is 4. The number of carbonyl (C=O) groups excluding carboxylic acids is 1. The molecule has 0 aliphatic carbocycles. The molecule has 2 aromatic rings. The number of fused-ring (bicyclic) bond motifs is 1. The van der Waals surface area contributed by atoms with Gasteiger partial charge in [0.05, 0.1) is 6.04 Å². The highest BCUT2D eigenvalue weighted by Gasteiger charge is 2.21. The van der Waals surface area contributed by atoms with Gasteiger partial charge in [0.1, 0.15) is 5.82 Å². The van der Waals surface area contributed by atoms with Crippen molar-refractivity contribution in [3.05, 3.63) is 59.4 Å². The van der Waals surface area contributed by atoms with Crippen LogP contribution in [-0.4, -0.2) is 36.7 Å². The highest BCUT2D eigenvalue weighted by atomic mass is 19.1. The van der Waals surface area contributed by atoms with Crippen LogP contribution >= 0.6 is 0 Å². The van der Waals surface area contributed by atoms with Gasteiger partial charge in [0.15, 0.2) is 11.5 Å². The summed E-state index contributed by atoms with van der Waals surface area (Å²) in [5.41, 5.74) is 2.07. The smallest absolute Gasteiger partial charge is 0.237 e. The fraction of sp³-hybridized carbons (Fsp3) is 0.381. The molecule has 0 saturated heterocycles. The topological polar surface area (TPSA) is 50.8 Å². The van der Waals surface area contributed by atoms with Gasteiger partial charge in [-0.05, 0) is 55.3 Å². The minimum atomic E-state index is -0.256. The molecule has 3 rings (SSSR count). The van der Waals surface area contributed by atoms with Crippen molar-refractivity contribution in [1.29, 1.82) is 0 Å². The summed E-state index contributed by atoms with van der Waals surface area (Å²) in [4.78, 5) is 14.6. The lowest BCUT2D eigenvalue weighted by molar-refractivity contribution is -0.126. The van der Waals surface area contributed by atoms with Crippen molar-refractivity contribution < 1.29 is 18.7 Å². The lowest BCUT2D eigenvalue weighted by Gasteiger charge is -2.27. The van der Waals surface area contributed by atoms with Gasteiger partial charge in [0.2, 0.25) is 12.7 Å². The summed E-state index contributed by atoms with van der Waals surface area (Å²) in [5.74, 6) is 1.24. The molecule has 0 radical (unpaired) electrons. The van der Waals surface area contributed by atoms with E-state index in [9.17, 15) is 9.18 Å². The number of nitrogens with one attached hydrogen (secondary N) is 1. The van der Waals surface area contributed by atoms with Gasteiger partial charge < -0.3 is 14.8 Å². The zero-order valence-corrected chi connectivity index (χ0v) is 15.7. The number of ether oxygens (including phenoxy) is 2. The summed E-state index contributed by atoms with van der Waals surface area (Å²) in [6, 6.07) is 12.0. The van der Waals surface area contributed by atoms with Gasteiger partial charge in [0.25, 0.3) is 0 Å². The molecule has 5 nitrogen and oxygen atoms in total. The minimum Gasteiger partial charge on any atom is -0.454 e. The van der Waals surface area contributed by atoms with Crippen molar-refractivity contribution >= 4 is 5.91 Å². The van der Waals surface area contributed by atoms with Crippen LogP contribution in [0.5, 0.6) is 11.5 Å². The maximum atomic E-state index is 12.9. The Kier molecular flexibility index (Phi) is 6.29. The number of rotatable bonds is 8. The van der Waals surface area contributed by atoms with Gasteiger partial charge in [-0.15, -0.1) is 0 Å². The monoisotopic (exact) mass is 372 g/mol. The average molecular weight is 372 g/mol. The van der Waals surface area contributed by atoms with Crippen molar-refractivity contribution in [1.82, 2.24) is 10.2 Å². The normalized spacial score (nSPS) is 13.6. The van der Waals surface area contributed by atoms with Crippen LogP contribution in [0.25, 0.3) is 0 Å². The third-order valence-corrected chi connectivity index (χ3v) is 4.78. The maximum Gasteiger partial charge on any atom is 0.237 e. The van der Waals surface area contributed by atoms with E-state index >= 15 is 0 Å². The molecule has 0 fully saturated rings. The molecule has 1 N–H and O–H groups in total. The Labute approximate surface area is 159 Å². The van der Waals surface area contributed by atoms with Crippen LogP contribution in [0.4, 0.5) is 4.39 Å². The van der Waals surface area contributed by atoms with E-state index in [0.29, 0.717) is 19.5 Å². The Morgan fingerprint density at radius 2 is 1.85 bits per heavy atom. The molecule has 0 spiro atoms. The van der Waals surface area contributed by atoms with Crippen molar-refractivity contribution in [2.24, 2.45) is 0 Å². The summed E-state index contributed by atoms with van der Waals surface area (Å²) in [6.07, 6.45) is 0.674. The fourth-order valence-electron chi connectivity index (χ4n) is 3.09. The van der Waals surface area contributed by atoms with Gasteiger partial charge in [-0.25, -0.2) is 4.39 Å². The molecule has 1 aliphatic rings. The van der Waals surface area contributed by atoms with Crippen LogP contribution < -0.4 is 14.8 Å². The summed E-state index contributed by atoms with van der Waals surface area (Å²) in [7, 11) is 0. The molecule has 1 unspecified atom stereocenters. The summed E-state index contributed by atoms with van der Waals surface area (Å²) < 4.78 is 23.7. The van der Waals surface area contributed by atoms with Crippen molar-refractivity contribution in [2.45, 2.75) is 32.9 Å². The molecule has 0 bridgehead atoms. The first-order valence-electron chi connectivity index (χ1n) is 9.21. The van der Waals surface area contributed by atoms with E-state index in [-0.39, 0.29) is 24.6 Å². The average Bonchev–Trinajstić information content (AvgIpc) is 3.14. The van der Waals surface area contributed by atoms with E-state index in [1.165, 1.54) is 12.1 Å². The quantitative estimate of drug-likeness (QED) is 0.774. The first kappa shape index (κ1) is 19.2.